The first-order valence-electron chi connectivity index (χ1n) is 4.24. The van der Waals surface area contributed by atoms with Crippen molar-refractivity contribution in [3.63, 3.8) is 0 Å². The second kappa shape index (κ2) is 3.31. The number of hydrogen-bond acceptors (Lipinski definition) is 1. The average Bonchev–Trinajstić information content (AvgIpc) is 2.47. The fourth-order valence-corrected chi connectivity index (χ4v) is 2.83. The Hall–Kier alpha value is -1.14. The van der Waals surface area contributed by atoms with E-state index < -0.39 is 7.95 Å². The van der Waals surface area contributed by atoms with Gasteiger partial charge in [-0.05, 0) is 17.6 Å². The van der Waals surface area contributed by atoms with Gasteiger partial charge in [-0.2, -0.15) is 5.09 Å². The molecule has 1 aliphatic rings. The van der Waals surface area contributed by atoms with Crippen LogP contribution >= 0.6 is 7.95 Å². The second-order valence-corrected chi connectivity index (χ2v) is 4.57. The zero-order chi connectivity index (χ0) is 9.26. The topological polar surface area (TPSA) is 29.1 Å². The van der Waals surface area contributed by atoms with Crippen molar-refractivity contribution in [3.05, 3.63) is 47.7 Å². The predicted molar refractivity (Wildman–Crippen MR) is 53.7 cm³/mol. The summed E-state index contributed by atoms with van der Waals surface area (Å²) < 4.78 is 11.6. The van der Waals surface area contributed by atoms with E-state index >= 15 is 0 Å². The van der Waals surface area contributed by atoms with E-state index in [1.165, 1.54) is 0 Å². The van der Waals surface area contributed by atoms with Crippen LogP contribution in [0.3, 0.4) is 0 Å². The number of allylic oxidation sites excluding steroid dienone is 2. The van der Waals surface area contributed by atoms with Crippen LogP contribution in [0.15, 0.2) is 42.1 Å². The van der Waals surface area contributed by atoms with Gasteiger partial charge in [-0.3, -0.25) is 0 Å². The molecule has 1 N–H and O–H groups in total. The average molecular weight is 192 g/mol. The van der Waals surface area contributed by atoms with E-state index in [0.29, 0.717) is 0 Å². The SMILES string of the molecule is CC1=CC(c2ccccc2)[P+](=O)N1. The lowest BCUT2D eigenvalue weighted by Gasteiger charge is -1.95. The van der Waals surface area contributed by atoms with Crippen molar-refractivity contribution in [2.75, 3.05) is 0 Å². The summed E-state index contributed by atoms with van der Waals surface area (Å²) in [6.07, 6.45) is 2.02. The lowest BCUT2D eigenvalue weighted by molar-refractivity contribution is 0.582. The molecule has 1 aromatic carbocycles. The molecule has 0 aliphatic carbocycles. The molecule has 2 atom stereocenters. The quantitative estimate of drug-likeness (QED) is 0.693. The summed E-state index contributed by atoms with van der Waals surface area (Å²) in [5, 5.41) is 2.94. The highest BCUT2D eigenvalue weighted by molar-refractivity contribution is 7.43. The van der Waals surface area contributed by atoms with E-state index in [1.807, 2.05) is 43.3 Å². The first-order valence-corrected chi connectivity index (χ1v) is 5.56. The van der Waals surface area contributed by atoms with Gasteiger partial charge in [-0.1, -0.05) is 30.3 Å². The van der Waals surface area contributed by atoms with Crippen molar-refractivity contribution in [1.29, 1.82) is 0 Å². The van der Waals surface area contributed by atoms with Gasteiger partial charge in [-0.15, -0.1) is 0 Å². The third kappa shape index (κ3) is 1.63. The molecule has 0 spiro atoms. The van der Waals surface area contributed by atoms with Crippen LogP contribution in [0, 0.1) is 0 Å². The smallest absolute Gasteiger partial charge is 0.183 e. The molecular formula is C10H11NOP+. The molecule has 3 heteroatoms. The number of nitrogens with one attached hydrogen (secondary N) is 1. The summed E-state index contributed by atoms with van der Waals surface area (Å²) in [4.78, 5) is 0. The van der Waals surface area contributed by atoms with Gasteiger partial charge in [0.1, 0.15) is 0 Å². The van der Waals surface area contributed by atoms with Crippen LogP contribution in [0.25, 0.3) is 0 Å². The Morgan fingerprint density at radius 1 is 1.31 bits per heavy atom. The van der Waals surface area contributed by atoms with Crippen LogP contribution < -0.4 is 5.09 Å². The van der Waals surface area contributed by atoms with Crippen molar-refractivity contribution in [2.45, 2.75) is 12.6 Å². The Kier molecular flexibility index (Phi) is 2.15. The van der Waals surface area contributed by atoms with E-state index in [-0.39, 0.29) is 5.66 Å². The monoisotopic (exact) mass is 192 g/mol. The lowest BCUT2D eigenvalue weighted by Crippen LogP contribution is -1.92. The van der Waals surface area contributed by atoms with Gasteiger partial charge < -0.3 is 0 Å². The predicted octanol–water partition coefficient (Wildman–Crippen LogP) is 2.98. The zero-order valence-corrected chi connectivity index (χ0v) is 8.29. The molecule has 2 rings (SSSR count). The van der Waals surface area contributed by atoms with Crippen molar-refractivity contribution in [1.82, 2.24) is 5.09 Å². The van der Waals surface area contributed by atoms with Gasteiger partial charge in [0.05, 0.1) is 5.70 Å². The third-order valence-corrected chi connectivity index (χ3v) is 3.61. The van der Waals surface area contributed by atoms with Gasteiger partial charge >= 0.3 is 7.95 Å². The standard InChI is InChI=1S/C10H11NOP/c1-8-7-10(13(12)11-8)9-5-3-2-4-6-9/h2-7,10H,1H3,(H,11,12)/q+1. The maximum Gasteiger partial charge on any atom is 0.471 e. The molecule has 1 aliphatic heterocycles. The van der Waals surface area contributed by atoms with Gasteiger partial charge in [0.25, 0.3) is 0 Å². The minimum atomic E-state index is -1.34. The van der Waals surface area contributed by atoms with E-state index in [4.69, 9.17) is 0 Å². The number of hydrogen-bond donors (Lipinski definition) is 1. The molecule has 0 saturated carbocycles. The molecule has 1 aromatic rings. The highest BCUT2D eigenvalue weighted by Gasteiger charge is 2.36. The van der Waals surface area contributed by atoms with E-state index in [9.17, 15) is 4.57 Å². The molecule has 0 radical (unpaired) electrons. The highest BCUT2D eigenvalue weighted by Crippen LogP contribution is 2.44. The zero-order valence-electron chi connectivity index (χ0n) is 7.40. The van der Waals surface area contributed by atoms with Crippen molar-refractivity contribution < 1.29 is 4.57 Å². The Bertz CT molecular complexity index is 358. The third-order valence-electron chi connectivity index (χ3n) is 2.09. The van der Waals surface area contributed by atoms with Crippen molar-refractivity contribution in [2.24, 2.45) is 0 Å². The van der Waals surface area contributed by atoms with Crippen molar-refractivity contribution in [3.8, 4) is 0 Å². The Morgan fingerprint density at radius 2 is 2.00 bits per heavy atom. The Balaban J connectivity index is 2.33. The van der Waals surface area contributed by atoms with Gasteiger partial charge in [0, 0.05) is 5.56 Å². The maximum absolute atomic E-state index is 11.6. The maximum atomic E-state index is 11.6. The van der Waals surface area contributed by atoms with Crippen LogP contribution in [0.5, 0.6) is 0 Å². The number of benzene rings is 1. The van der Waals surface area contributed by atoms with Crippen LogP contribution in [0.4, 0.5) is 0 Å². The summed E-state index contributed by atoms with van der Waals surface area (Å²) >= 11 is 0. The summed E-state index contributed by atoms with van der Waals surface area (Å²) in [5.41, 5.74) is 2.18. The molecule has 2 unspecified atom stereocenters. The summed E-state index contributed by atoms with van der Waals surface area (Å²) in [7, 11) is -1.34. The van der Waals surface area contributed by atoms with E-state index in [2.05, 4.69) is 5.09 Å². The molecular weight excluding hydrogens is 181 g/mol. The molecule has 2 nitrogen and oxygen atoms in total. The molecule has 13 heavy (non-hydrogen) atoms. The van der Waals surface area contributed by atoms with E-state index in [0.717, 1.165) is 11.3 Å². The van der Waals surface area contributed by atoms with Crippen LogP contribution in [0.1, 0.15) is 18.1 Å². The molecule has 0 saturated heterocycles. The fraction of sp³-hybridized carbons (Fsp3) is 0.200. The minimum Gasteiger partial charge on any atom is -0.183 e. The van der Waals surface area contributed by atoms with Gasteiger partial charge in [-0.25, -0.2) is 0 Å². The van der Waals surface area contributed by atoms with Crippen molar-refractivity contribution >= 4 is 7.95 Å². The normalized spacial score (nSPS) is 23.9. The largest absolute Gasteiger partial charge is 0.471 e. The first kappa shape index (κ1) is 8.46. The summed E-state index contributed by atoms with van der Waals surface area (Å²) in [6, 6.07) is 9.93. The summed E-state index contributed by atoms with van der Waals surface area (Å²) in [5.74, 6) is 0. The summed E-state index contributed by atoms with van der Waals surface area (Å²) in [6.45, 7) is 1.94. The van der Waals surface area contributed by atoms with E-state index in [1.54, 1.807) is 0 Å². The molecule has 0 fully saturated rings. The number of rotatable bonds is 1. The fourth-order valence-electron chi connectivity index (χ4n) is 1.47. The molecule has 66 valence electrons. The lowest BCUT2D eigenvalue weighted by atomic mass is 10.1. The molecule has 0 amide bonds. The Labute approximate surface area is 78.5 Å². The minimum absolute atomic E-state index is 0.0520. The molecule has 0 bridgehead atoms. The van der Waals surface area contributed by atoms with Gasteiger partial charge in [0.15, 0.2) is 0 Å². The Morgan fingerprint density at radius 3 is 2.54 bits per heavy atom. The van der Waals surface area contributed by atoms with Crippen LogP contribution in [0.2, 0.25) is 0 Å². The molecule has 0 aromatic heterocycles. The molecule has 1 heterocycles. The van der Waals surface area contributed by atoms with Gasteiger partial charge in [0.2, 0.25) is 5.66 Å². The first-order chi connectivity index (χ1) is 6.27. The second-order valence-electron chi connectivity index (χ2n) is 3.14. The van der Waals surface area contributed by atoms with Crippen LogP contribution in [-0.2, 0) is 4.57 Å². The highest BCUT2D eigenvalue weighted by atomic mass is 31.1. The van der Waals surface area contributed by atoms with Crippen LogP contribution in [-0.4, -0.2) is 0 Å².